The number of hydrogen-bond acceptors (Lipinski definition) is 2. The van der Waals surface area contributed by atoms with Crippen molar-refractivity contribution in [3.63, 3.8) is 0 Å². The molecule has 2 aromatic rings. The summed E-state index contributed by atoms with van der Waals surface area (Å²) in [6.45, 7) is 0. The van der Waals surface area contributed by atoms with Gasteiger partial charge in [0.25, 0.3) is 6.43 Å². The number of benzene rings is 1. The quantitative estimate of drug-likeness (QED) is 0.741. The van der Waals surface area contributed by atoms with Crippen molar-refractivity contribution in [3.05, 3.63) is 40.9 Å². The number of hydrogen-bond donors (Lipinski definition) is 0. The van der Waals surface area contributed by atoms with Crippen LogP contribution in [-0.4, -0.2) is 4.98 Å². The SMILES string of the molecule is FC(F)c1ccc(-c2nc(CCl)cs2)cc1. The molecule has 0 unspecified atom stereocenters. The largest absolute Gasteiger partial charge is 0.263 e. The summed E-state index contributed by atoms with van der Waals surface area (Å²) >= 11 is 7.10. The molecule has 0 radical (unpaired) electrons. The Morgan fingerprint density at radius 1 is 1.25 bits per heavy atom. The molecule has 0 saturated carbocycles. The van der Waals surface area contributed by atoms with Crippen LogP contribution in [0, 0.1) is 0 Å². The lowest BCUT2D eigenvalue weighted by molar-refractivity contribution is 0.151. The van der Waals surface area contributed by atoms with Gasteiger partial charge >= 0.3 is 0 Å². The molecular weight excluding hydrogens is 252 g/mol. The van der Waals surface area contributed by atoms with Crippen molar-refractivity contribution >= 4 is 22.9 Å². The molecule has 5 heteroatoms. The van der Waals surface area contributed by atoms with Crippen molar-refractivity contribution in [2.45, 2.75) is 12.3 Å². The molecule has 0 amide bonds. The van der Waals surface area contributed by atoms with Crippen LogP contribution in [0.4, 0.5) is 8.78 Å². The molecule has 0 aliphatic heterocycles. The van der Waals surface area contributed by atoms with Gasteiger partial charge in [-0.25, -0.2) is 13.8 Å². The Hall–Kier alpha value is -1.00. The van der Waals surface area contributed by atoms with E-state index >= 15 is 0 Å². The molecular formula is C11H8ClF2NS. The van der Waals surface area contributed by atoms with Crippen molar-refractivity contribution in [1.82, 2.24) is 4.98 Å². The van der Waals surface area contributed by atoms with Crippen LogP contribution in [0.25, 0.3) is 10.6 Å². The van der Waals surface area contributed by atoms with Gasteiger partial charge in [-0.15, -0.1) is 22.9 Å². The maximum Gasteiger partial charge on any atom is 0.263 e. The first kappa shape index (κ1) is 11.5. The van der Waals surface area contributed by atoms with E-state index in [9.17, 15) is 8.78 Å². The number of alkyl halides is 3. The van der Waals surface area contributed by atoms with Crippen molar-refractivity contribution in [2.24, 2.45) is 0 Å². The van der Waals surface area contributed by atoms with Gasteiger partial charge in [-0.3, -0.25) is 0 Å². The lowest BCUT2D eigenvalue weighted by Gasteiger charge is -2.00. The van der Waals surface area contributed by atoms with Crippen LogP contribution < -0.4 is 0 Å². The third-order valence-electron chi connectivity index (χ3n) is 2.10. The molecule has 1 nitrogen and oxygen atoms in total. The van der Waals surface area contributed by atoms with Gasteiger partial charge in [0.15, 0.2) is 0 Å². The highest BCUT2D eigenvalue weighted by atomic mass is 35.5. The Labute approximate surface area is 101 Å². The molecule has 0 spiro atoms. The molecule has 0 atom stereocenters. The first-order valence-corrected chi connectivity index (χ1v) is 6.01. The van der Waals surface area contributed by atoms with Crippen LogP contribution in [-0.2, 0) is 5.88 Å². The van der Waals surface area contributed by atoms with Crippen molar-refractivity contribution in [3.8, 4) is 10.6 Å². The van der Waals surface area contributed by atoms with E-state index in [2.05, 4.69) is 4.98 Å². The van der Waals surface area contributed by atoms with Gasteiger partial charge in [-0.2, -0.15) is 0 Å². The van der Waals surface area contributed by atoms with E-state index < -0.39 is 6.43 Å². The predicted octanol–water partition coefficient (Wildman–Crippen LogP) is 4.49. The second-order valence-corrected chi connectivity index (χ2v) is 4.33. The van der Waals surface area contributed by atoms with E-state index in [0.29, 0.717) is 5.88 Å². The molecule has 0 bridgehead atoms. The third-order valence-corrected chi connectivity index (χ3v) is 3.31. The number of rotatable bonds is 3. The Balaban J connectivity index is 2.27. The lowest BCUT2D eigenvalue weighted by atomic mass is 10.1. The van der Waals surface area contributed by atoms with Gasteiger partial charge in [-0.05, 0) is 0 Å². The minimum absolute atomic E-state index is 0.0258. The number of thiazole rings is 1. The maximum atomic E-state index is 12.3. The molecule has 1 heterocycles. The number of halogens is 3. The van der Waals surface area contributed by atoms with Gasteiger partial charge in [0.05, 0.1) is 11.6 Å². The fourth-order valence-corrected chi connectivity index (χ4v) is 2.33. The zero-order valence-corrected chi connectivity index (χ0v) is 9.73. The molecule has 0 aliphatic rings. The predicted molar refractivity (Wildman–Crippen MR) is 62.1 cm³/mol. The van der Waals surface area contributed by atoms with E-state index in [-0.39, 0.29) is 5.56 Å². The fraction of sp³-hybridized carbons (Fsp3) is 0.182. The molecule has 2 rings (SSSR count). The maximum absolute atomic E-state index is 12.3. The standard InChI is InChI=1S/C11H8ClF2NS/c12-5-9-6-16-11(15-9)8-3-1-7(2-4-8)10(13)14/h1-4,6,10H,5H2. The highest BCUT2D eigenvalue weighted by Gasteiger charge is 2.08. The fourth-order valence-electron chi connectivity index (χ4n) is 1.27. The van der Waals surface area contributed by atoms with Crippen LogP contribution >= 0.6 is 22.9 Å². The van der Waals surface area contributed by atoms with Crippen LogP contribution in [0.1, 0.15) is 17.7 Å². The second-order valence-electron chi connectivity index (χ2n) is 3.20. The summed E-state index contributed by atoms with van der Waals surface area (Å²) in [7, 11) is 0. The van der Waals surface area contributed by atoms with Crippen molar-refractivity contribution in [2.75, 3.05) is 0 Å². The van der Waals surface area contributed by atoms with Crippen LogP contribution in [0.5, 0.6) is 0 Å². The molecule has 16 heavy (non-hydrogen) atoms. The molecule has 84 valence electrons. The smallest absolute Gasteiger partial charge is 0.240 e. The van der Waals surface area contributed by atoms with Gasteiger partial charge < -0.3 is 0 Å². The second kappa shape index (κ2) is 4.89. The third kappa shape index (κ3) is 2.39. The van der Waals surface area contributed by atoms with Crippen molar-refractivity contribution in [1.29, 1.82) is 0 Å². The summed E-state index contributed by atoms with van der Waals surface area (Å²) < 4.78 is 24.7. The highest BCUT2D eigenvalue weighted by molar-refractivity contribution is 7.13. The summed E-state index contributed by atoms with van der Waals surface area (Å²) in [6, 6.07) is 6.14. The summed E-state index contributed by atoms with van der Waals surface area (Å²) in [5.74, 6) is 0.367. The van der Waals surface area contributed by atoms with E-state index in [1.807, 2.05) is 5.38 Å². The molecule has 0 fully saturated rings. The Morgan fingerprint density at radius 2 is 1.94 bits per heavy atom. The molecule has 1 aromatic carbocycles. The monoisotopic (exact) mass is 259 g/mol. The first-order chi connectivity index (χ1) is 7.70. The van der Waals surface area contributed by atoms with E-state index in [1.54, 1.807) is 12.1 Å². The number of aromatic nitrogens is 1. The lowest BCUT2D eigenvalue weighted by Crippen LogP contribution is -1.84. The summed E-state index contributed by atoms with van der Waals surface area (Å²) in [5.41, 5.74) is 1.67. The Bertz CT molecular complexity index is 467. The van der Waals surface area contributed by atoms with Gasteiger partial charge in [-0.1, -0.05) is 24.3 Å². The van der Waals surface area contributed by atoms with Crippen LogP contribution in [0.3, 0.4) is 0 Å². The van der Waals surface area contributed by atoms with Gasteiger partial charge in [0, 0.05) is 16.5 Å². The van der Waals surface area contributed by atoms with E-state index in [4.69, 9.17) is 11.6 Å². The van der Waals surface area contributed by atoms with Crippen LogP contribution in [0.2, 0.25) is 0 Å². The van der Waals surface area contributed by atoms with E-state index in [0.717, 1.165) is 16.3 Å². The molecule has 0 saturated heterocycles. The van der Waals surface area contributed by atoms with Gasteiger partial charge in [0.2, 0.25) is 0 Å². The summed E-state index contributed by atoms with van der Waals surface area (Å²) in [6.07, 6.45) is -2.43. The minimum Gasteiger partial charge on any atom is -0.240 e. The normalized spacial score (nSPS) is 11.0. The van der Waals surface area contributed by atoms with Crippen molar-refractivity contribution < 1.29 is 8.78 Å². The summed E-state index contributed by atoms with van der Waals surface area (Å²) in [4.78, 5) is 4.27. The average molecular weight is 260 g/mol. The van der Waals surface area contributed by atoms with Crippen LogP contribution in [0.15, 0.2) is 29.6 Å². The molecule has 1 aromatic heterocycles. The zero-order valence-electron chi connectivity index (χ0n) is 8.16. The topological polar surface area (TPSA) is 12.9 Å². The molecule has 0 aliphatic carbocycles. The van der Waals surface area contributed by atoms with E-state index in [1.165, 1.54) is 23.5 Å². The minimum atomic E-state index is -2.43. The average Bonchev–Trinajstić information content (AvgIpc) is 2.77. The summed E-state index contributed by atoms with van der Waals surface area (Å²) in [5, 5.41) is 2.67. The number of nitrogens with zero attached hydrogens (tertiary/aromatic N) is 1. The Kier molecular flexibility index (Phi) is 3.51. The molecule has 0 N–H and O–H groups in total. The highest BCUT2D eigenvalue weighted by Crippen LogP contribution is 2.26. The Morgan fingerprint density at radius 3 is 2.44 bits per heavy atom. The van der Waals surface area contributed by atoms with Gasteiger partial charge in [0.1, 0.15) is 5.01 Å². The first-order valence-electron chi connectivity index (χ1n) is 4.59. The zero-order chi connectivity index (χ0) is 11.5.